The first-order valence-corrected chi connectivity index (χ1v) is 2.27. The summed E-state index contributed by atoms with van der Waals surface area (Å²) in [5, 5.41) is 17.1. The van der Waals surface area contributed by atoms with Crippen molar-refractivity contribution in [1.29, 1.82) is 0 Å². The molecular weight excluding hydrogens is 96.0 g/mol. The largest absolute Gasteiger partial charge is 0.391 e. The van der Waals surface area contributed by atoms with Crippen LogP contribution in [0, 0.1) is 0 Å². The van der Waals surface area contributed by atoms with Crippen LogP contribution < -0.4 is 0 Å². The fraction of sp³-hybridized carbons (Fsp3) is 1.00. The van der Waals surface area contributed by atoms with Gasteiger partial charge in [-0.3, -0.25) is 0 Å². The van der Waals surface area contributed by atoms with E-state index in [4.69, 9.17) is 10.2 Å². The third-order valence-electron chi connectivity index (χ3n) is 0.955. The molecule has 0 aromatic carbocycles. The van der Waals surface area contributed by atoms with E-state index in [1.54, 1.807) is 0 Å². The first kappa shape index (κ1) is 5.03. The van der Waals surface area contributed by atoms with Crippen molar-refractivity contribution < 1.29 is 14.9 Å². The summed E-state index contributed by atoms with van der Waals surface area (Å²) < 4.78 is 4.57. The zero-order valence-corrected chi connectivity index (χ0v) is 3.87. The summed E-state index contributed by atoms with van der Waals surface area (Å²) in [6.45, 7) is 0.279. The third kappa shape index (κ3) is 1.12. The highest BCUT2D eigenvalue weighted by Gasteiger charge is 2.20. The Morgan fingerprint density at radius 3 is 2.29 bits per heavy atom. The van der Waals surface area contributed by atoms with Gasteiger partial charge in [0.25, 0.3) is 0 Å². The van der Waals surface area contributed by atoms with Crippen LogP contribution in [-0.4, -0.2) is 29.2 Å². The number of rotatable bonds is 0. The van der Waals surface area contributed by atoms with Crippen molar-refractivity contribution in [3.63, 3.8) is 0 Å². The van der Waals surface area contributed by atoms with E-state index in [1.807, 2.05) is 0 Å². The maximum absolute atomic E-state index is 8.61. The second-order valence-corrected chi connectivity index (χ2v) is 1.68. The summed E-state index contributed by atoms with van der Waals surface area (Å²) in [7, 11) is 0. The number of aliphatic hydroxyl groups is 2. The molecule has 1 heterocycles. The van der Waals surface area contributed by atoms with E-state index in [9.17, 15) is 0 Å². The van der Waals surface area contributed by atoms with E-state index in [2.05, 4.69) is 4.74 Å². The molecule has 3 nitrogen and oxygen atoms in total. The topological polar surface area (TPSA) is 49.7 Å². The molecule has 1 aliphatic heterocycles. The number of ether oxygens (including phenoxy) is 1. The summed E-state index contributed by atoms with van der Waals surface area (Å²) >= 11 is 0. The van der Waals surface area contributed by atoms with Crippen molar-refractivity contribution in [2.45, 2.75) is 18.8 Å². The maximum Gasteiger partial charge on any atom is 0.157 e. The van der Waals surface area contributed by atoms with Crippen molar-refractivity contribution in [3.05, 3.63) is 0 Å². The fourth-order valence-corrected chi connectivity index (χ4v) is 0.591. The molecule has 2 N–H and O–H groups in total. The van der Waals surface area contributed by atoms with Gasteiger partial charge in [-0.2, -0.15) is 0 Å². The molecule has 0 amide bonds. The van der Waals surface area contributed by atoms with Gasteiger partial charge >= 0.3 is 0 Å². The molecular formula is C4H8O3. The average Bonchev–Trinajstić information content (AvgIpc) is 1.87. The molecule has 0 radical (unpaired) electrons. The van der Waals surface area contributed by atoms with Crippen LogP contribution in [0.15, 0.2) is 0 Å². The zero-order valence-electron chi connectivity index (χ0n) is 3.87. The van der Waals surface area contributed by atoms with Gasteiger partial charge in [-0.25, -0.2) is 0 Å². The summed E-state index contributed by atoms with van der Waals surface area (Å²) in [5.74, 6) is 0. The number of hydrogen-bond acceptors (Lipinski definition) is 3. The Morgan fingerprint density at radius 1 is 1.43 bits per heavy atom. The Bertz CT molecular complexity index is 56.0. The highest BCUT2D eigenvalue weighted by atomic mass is 16.6. The minimum atomic E-state index is -0.727. The molecule has 0 aromatic rings. The van der Waals surface area contributed by atoms with Crippen LogP contribution >= 0.6 is 0 Å². The molecule has 3 heteroatoms. The average molecular weight is 104 g/mol. The Balaban J connectivity index is 2.26. The Morgan fingerprint density at radius 2 is 2.14 bits per heavy atom. The van der Waals surface area contributed by atoms with Crippen molar-refractivity contribution in [2.75, 3.05) is 6.61 Å². The normalized spacial score (nSPS) is 42.0. The SMILES string of the molecule is O[C@H]1CO[C@@H](O)C1. The molecule has 1 rings (SSSR count). The summed E-state index contributed by atoms with van der Waals surface area (Å²) in [5.41, 5.74) is 0. The molecule has 42 valence electrons. The molecule has 1 fully saturated rings. The first-order valence-electron chi connectivity index (χ1n) is 2.27. The van der Waals surface area contributed by atoms with Crippen LogP contribution in [-0.2, 0) is 4.74 Å². The van der Waals surface area contributed by atoms with Crippen molar-refractivity contribution in [3.8, 4) is 0 Å². The summed E-state index contributed by atoms with van der Waals surface area (Å²) in [6, 6.07) is 0. The second kappa shape index (κ2) is 1.78. The molecule has 0 aromatic heterocycles. The van der Waals surface area contributed by atoms with E-state index in [0.29, 0.717) is 6.42 Å². The standard InChI is InChI=1S/C4H8O3/c5-3-1-4(6)7-2-3/h3-6H,1-2H2/t3-,4-/m1/s1. The van der Waals surface area contributed by atoms with Crippen LogP contribution in [0.2, 0.25) is 0 Å². The van der Waals surface area contributed by atoms with Gasteiger partial charge < -0.3 is 14.9 Å². The van der Waals surface area contributed by atoms with Gasteiger partial charge in [0.15, 0.2) is 6.29 Å². The van der Waals surface area contributed by atoms with E-state index in [1.165, 1.54) is 0 Å². The van der Waals surface area contributed by atoms with E-state index < -0.39 is 12.4 Å². The van der Waals surface area contributed by atoms with Gasteiger partial charge in [0, 0.05) is 6.42 Å². The maximum atomic E-state index is 8.61. The molecule has 0 saturated carbocycles. The molecule has 0 unspecified atom stereocenters. The molecule has 7 heavy (non-hydrogen) atoms. The molecule has 0 spiro atoms. The van der Waals surface area contributed by atoms with Gasteiger partial charge in [0.05, 0.1) is 12.7 Å². The third-order valence-corrected chi connectivity index (χ3v) is 0.955. The minimum absolute atomic E-state index is 0.279. The van der Waals surface area contributed by atoms with Crippen LogP contribution in [0.1, 0.15) is 6.42 Å². The Hall–Kier alpha value is -0.120. The van der Waals surface area contributed by atoms with E-state index in [-0.39, 0.29) is 6.61 Å². The van der Waals surface area contributed by atoms with Crippen molar-refractivity contribution >= 4 is 0 Å². The number of hydrogen-bond donors (Lipinski definition) is 2. The molecule has 0 bridgehead atoms. The van der Waals surface area contributed by atoms with Gasteiger partial charge in [0.1, 0.15) is 0 Å². The molecule has 1 saturated heterocycles. The van der Waals surface area contributed by atoms with E-state index in [0.717, 1.165) is 0 Å². The molecule has 0 aliphatic carbocycles. The smallest absolute Gasteiger partial charge is 0.157 e. The minimum Gasteiger partial charge on any atom is -0.391 e. The van der Waals surface area contributed by atoms with Gasteiger partial charge in [-0.15, -0.1) is 0 Å². The molecule has 1 aliphatic rings. The lowest BCUT2D eigenvalue weighted by atomic mass is 10.3. The Kier molecular flexibility index (Phi) is 1.27. The van der Waals surface area contributed by atoms with Gasteiger partial charge in [-0.05, 0) is 0 Å². The van der Waals surface area contributed by atoms with Gasteiger partial charge in [-0.1, -0.05) is 0 Å². The van der Waals surface area contributed by atoms with Crippen LogP contribution in [0.4, 0.5) is 0 Å². The monoisotopic (exact) mass is 104 g/mol. The zero-order chi connectivity index (χ0) is 5.28. The van der Waals surface area contributed by atoms with Crippen LogP contribution in [0.5, 0.6) is 0 Å². The first-order chi connectivity index (χ1) is 3.29. The van der Waals surface area contributed by atoms with Crippen molar-refractivity contribution in [2.24, 2.45) is 0 Å². The lowest BCUT2D eigenvalue weighted by Crippen LogP contribution is -2.04. The lowest BCUT2D eigenvalue weighted by Gasteiger charge is -1.93. The predicted octanol–water partition coefficient (Wildman–Crippen LogP) is -0.914. The van der Waals surface area contributed by atoms with Crippen LogP contribution in [0.3, 0.4) is 0 Å². The second-order valence-electron chi connectivity index (χ2n) is 1.68. The number of aliphatic hydroxyl groups excluding tert-OH is 2. The van der Waals surface area contributed by atoms with Crippen LogP contribution in [0.25, 0.3) is 0 Å². The highest BCUT2D eigenvalue weighted by molar-refractivity contribution is 4.62. The van der Waals surface area contributed by atoms with Gasteiger partial charge in [0.2, 0.25) is 0 Å². The van der Waals surface area contributed by atoms with E-state index >= 15 is 0 Å². The quantitative estimate of drug-likeness (QED) is 0.418. The highest BCUT2D eigenvalue weighted by Crippen LogP contribution is 2.08. The predicted molar refractivity (Wildman–Crippen MR) is 22.6 cm³/mol. The summed E-state index contributed by atoms with van der Waals surface area (Å²) in [6.07, 6.45) is -0.815. The van der Waals surface area contributed by atoms with Crippen molar-refractivity contribution in [1.82, 2.24) is 0 Å². The Labute approximate surface area is 41.5 Å². The fourth-order valence-electron chi connectivity index (χ4n) is 0.591. The summed E-state index contributed by atoms with van der Waals surface area (Å²) in [4.78, 5) is 0. The molecule has 2 atom stereocenters. The lowest BCUT2D eigenvalue weighted by molar-refractivity contribution is -0.0595.